The summed E-state index contributed by atoms with van der Waals surface area (Å²) in [6.07, 6.45) is 3.69. The van der Waals surface area contributed by atoms with Gasteiger partial charge in [-0.25, -0.2) is 0 Å². The molecule has 0 aliphatic heterocycles. The molecule has 0 saturated heterocycles. The van der Waals surface area contributed by atoms with Gasteiger partial charge in [0.05, 0.1) is 0 Å². The van der Waals surface area contributed by atoms with Crippen LogP contribution in [0.3, 0.4) is 0 Å². The third-order valence-corrected chi connectivity index (χ3v) is 4.36. The SMILES string of the molecule is Cc1ccc(CC2CCC(Cl)C2C)cc1. The van der Waals surface area contributed by atoms with Crippen LogP contribution < -0.4 is 0 Å². The first kappa shape index (κ1) is 11.0. The summed E-state index contributed by atoms with van der Waals surface area (Å²) in [4.78, 5) is 0. The van der Waals surface area contributed by atoms with Crippen LogP contribution in [0.2, 0.25) is 0 Å². The number of hydrogen-bond donors (Lipinski definition) is 0. The Morgan fingerprint density at radius 2 is 1.87 bits per heavy atom. The van der Waals surface area contributed by atoms with E-state index in [1.165, 1.54) is 30.4 Å². The molecular formula is C14H19Cl. The summed E-state index contributed by atoms with van der Waals surface area (Å²) in [6.45, 7) is 4.43. The van der Waals surface area contributed by atoms with Crippen molar-refractivity contribution in [2.75, 3.05) is 0 Å². The highest BCUT2D eigenvalue weighted by Gasteiger charge is 2.30. The second-order valence-electron chi connectivity index (χ2n) is 4.90. The smallest absolute Gasteiger partial charge is 0.0364 e. The highest BCUT2D eigenvalue weighted by atomic mass is 35.5. The van der Waals surface area contributed by atoms with Crippen LogP contribution in [0.4, 0.5) is 0 Å². The van der Waals surface area contributed by atoms with E-state index in [2.05, 4.69) is 38.1 Å². The Morgan fingerprint density at radius 1 is 1.20 bits per heavy atom. The third kappa shape index (κ3) is 2.55. The van der Waals surface area contributed by atoms with Gasteiger partial charge in [0.2, 0.25) is 0 Å². The predicted molar refractivity (Wildman–Crippen MR) is 66.4 cm³/mol. The highest BCUT2D eigenvalue weighted by Crippen LogP contribution is 2.37. The quantitative estimate of drug-likeness (QED) is 0.659. The molecule has 1 heteroatoms. The van der Waals surface area contributed by atoms with Gasteiger partial charge in [0.15, 0.2) is 0 Å². The zero-order chi connectivity index (χ0) is 10.8. The molecule has 1 aromatic rings. The van der Waals surface area contributed by atoms with Crippen LogP contribution in [0.1, 0.15) is 30.9 Å². The maximum Gasteiger partial charge on any atom is 0.0364 e. The lowest BCUT2D eigenvalue weighted by molar-refractivity contribution is 0.420. The Hall–Kier alpha value is -0.490. The van der Waals surface area contributed by atoms with E-state index < -0.39 is 0 Å². The molecule has 0 amide bonds. The van der Waals surface area contributed by atoms with Crippen LogP contribution in [0.15, 0.2) is 24.3 Å². The van der Waals surface area contributed by atoms with Gasteiger partial charge in [0, 0.05) is 5.38 Å². The number of hydrogen-bond acceptors (Lipinski definition) is 0. The first-order valence-electron chi connectivity index (χ1n) is 5.86. The molecule has 3 unspecified atom stereocenters. The molecule has 0 aromatic heterocycles. The molecule has 1 fully saturated rings. The van der Waals surface area contributed by atoms with E-state index in [4.69, 9.17) is 11.6 Å². The standard InChI is InChI=1S/C14H19Cl/c1-10-3-5-12(6-4-10)9-13-7-8-14(15)11(13)2/h3-6,11,13-14H,7-9H2,1-2H3. The van der Waals surface area contributed by atoms with Crippen molar-refractivity contribution in [3.63, 3.8) is 0 Å². The highest BCUT2D eigenvalue weighted by molar-refractivity contribution is 6.20. The van der Waals surface area contributed by atoms with E-state index in [1.807, 2.05) is 0 Å². The van der Waals surface area contributed by atoms with Crippen molar-refractivity contribution in [1.29, 1.82) is 0 Å². The van der Waals surface area contributed by atoms with Crippen molar-refractivity contribution in [1.82, 2.24) is 0 Å². The Kier molecular flexibility index (Phi) is 3.35. The second kappa shape index (κ2) is 4.57. The van der Waals surface area contributed by atoms with Crippen LogP contribution in [0.5, 0.6) is 0 Å². The molecule has 1 aliphatic rings. The summed E-state index contributed by atoms with van der Waals surface area (Å²) in [5.41, 5.74) is 2.80. The normalized spacial score (nSPS) is 30.7. The van der Waals surface area contributed by atoms with E-state index in [1.54, 1.807) is 0 Å². The maximum absolute atomic E-state index is 6.25. The molecule has 0 heterocycles. The molecule has 3 atom stereocenters. The molecule has 15 heavy (non-hydrogen) atoms. The molecule has 0 bridgehead atoms. The summed E-state index contributed by atoms with van der Waals surface area (Å²) in [5, 5.41) is 0.403. The van der Waals surface area contributed by atoms with Gasteiger partial charge in [-0.3, -0.25) is 0 Å². The molecule has 0 spiro atoms. The zero-order valence-electron chi connectivity index (χ0n) is 9.54. The Bertz CT molecular complexity index is 315. The van der Waals surface area contributed by atoms with Gasteiger partial charge in [0.1, 0.15) is 0 Å². The van der Waals surface area contributed by atoms with Gasteiger partial charge >= 0.3 is 0 Å². The van der Waals surface area contributed by atoms with Crippen molar-refractivity contribution < 1.29 is 0 Å². The fourth-order valence-corrected chi connectivity index (χ4v) is 2.84. The largest absolute Gasteiger partial charge is 0.123 e. The van der Waals surface area contributed by atoms with Gasteiger partial charge in [-0.05, 0) is 43.6 Å². The summed E-state index contributed by atoms with van der Waals surface area (Å²) in [5.74, 6) is 1.46. The first-order chi connectivity index (χ1) is 7.16. The lowest BCUT2D eigenvalue weighted by Gasteiger charge is -2.17. The second-order valence-corrected chi connectivity index (χ2v) is 5.46. The van der Waals surface area contributed by atoms with Gasteiger partial charge < -0.3 is 0 Å². The summed E-state index contributed by atoms with van der Waals surface area (Å²) < 4.78 is 0. The predicted octanol–water partition coefficient (Wildman–Crippen LogP) is 4.19. The molecule has 0 N–H and O–H groups in total. The lowest BCUT2D eigenvalue weighted by Crippen LogP contribution is -2.13. The van der Waals surface area contributed by atoms with Crippen LogP contribution in [0, 0.1) is 18.8 Å². The minimum absolute atomic E-state index is 0.403. The molecular weight excluding hydrogens is 204 g/mol. The summed E-state index contributed by atoms with van der Waals surface area (Å²) in [6, 6.07) is 8.91. The van der Waals surface area contributed by atoms with Crippen LogP contribution in [-0.2, 0) is 6.42 Å². The van der Waals surface area contributed by atoms with Crippen molar-refractivity contribution in [3.8, 4) is 0 Å². The fraction of sp³-hybridized carbons (Fsp3) is 0.571. The summed E-state index contributed by atoms with van der Waals surface area (Å²) in [7, 11) is 0. The molecule has 1 saturated carbocycles. The van der Waals surface area contributed by atoms with Crippen LogP contribution in [0.25, 0.3) is 0 Å². The van der Waals surface area contributed by atoms with E-state index in [0.29, 0.717) is 11.3 Å². The zero-order valence-corrected chi connectivity index (χ0v) is 10.3. The van der Waals surface area contributed by atoms with Crippen molar-refractivity contribution in [2.24, 2.45) is 11.8 Å². The number of benzene rings is 1. The third-order valence-electron chi connectivity index (χ3n) is 3.75. The average molecular weight is 223 g/mol. The number of rotatable bonds is 2. The van der Waals surface area contributed by atoms with Gasteiger partial charge in [-0.2, -0.15) is 0 Å². The summed E-state index contributed by atoms with van der Waals surface area (Å²) >= 11 is 6.25. The van der Waals surface area contributed by atoms with E-state index in [9.17, 15) is 0 Å². The molecule has 2 rings (SSSR count). The average Bonchev–Trinajstić information content (AvgIpc) is 2.53. The number of alkyl halides is 1. The Morgan fingerprint density at radius 3 is 2.40 bits per heavy atom. The van der Waals surface area contributed by atoms with Gasteiger partial charge in [0.25, 0.3) is 0 Å². The van der Waals surface area contributed by atoms with E-state index in [0.717, 1.165) is 5.92 Å². The van der Waals surface area contributed by atoms with Gasteiger partial charge in [-0.1, -0.05) is 36.8 Å². The Labute approximate surface area is 97.6 Å². The molecule has 1 aliphatic carbocycles. The maximum atomic E-state index is 6.25. The van der Waals surface area contributed by atoms with E-state index in [-0.39, 0.29) is 0 Å². The fourth-order valence-electron chi connectivity index (χ4n) is 2.51. The molecule has 0 nitrogen and oxygen atoms in total. The van der Waals surface area contributed by atoms with Crippen LogP contribution in [-0.4, -0.2) is 5.38 Å². The number of halogens is 1. The first-order valence-corrected chi connectivity index (χ1v) is 6.30. The number of aryl methyl sites for hydroxylation is 1. The van der Waals surface area contributed by atoms with Crippen molar-refractivity contribution in [3.05, 3.63) is 35.4 Å². The van der Waals surface area contributed by atoms with Crippen molar-refractivity contribution >= 4 is 11.6 Å². The van der Waals surface area contributed by atoms with E-state index >= 15 is 0 Å². The molecule has 82 valence electrons. The minimum Gasteiger partial charge on any atom is -0.123 e. The Balaban J connectivity index is 2.00. The van der Waals surface area contributed by atoms with Gasteiger partial charge in [-0.15, -0.1) is 11.6 Å². The monoisotopic (exact) mass is 222 g/mol. The van der Waals surface area contributed by atoms with Crippen molar-refractivity contribution in [2.45, 2.75) is 38.5 Å². The molecule has 1 aromatic carbocycles. The topological polar surface area (TPSA) is 0 Å². The van der Waals surface area contributed by atoms with Crippen LogP contribution >= 0.6 is 11.6 Å². The minimum atomic E-state index is 0.403. The molecule has 0 radical (unpaired) electrons. The lowest BCUT2D eigenvalue weighted by atomic mass is 9.91.